The first-order chi connectivity index (χ1) is 21.1. The van der Waals surface area contributed by atoms with E-state index in [1.807, 2.05) is 47.0 Å². The quantitative estimate of drug-likeness (QED) is 0.119. The summed E-state index contributed by atoms with van der Waals surface area (Å²) in [7, 11) is 0. The molecular formula is C34H34N8O. The number of nitrogen functional groups attached to an aromatic ring is 2. The van der Waals surface area contributed by atoms with E-state index in [2.05, 4.69) is 57.8 Å². The first-order valence-corrected chi connectivity index (χ1v) is 14.7. The second-order valence-electron chi connectivity index (χ2n) is 11.2. The van der Waals surface area contributed by atoms with E-state index in [1.165, 1.54) is 5.56 Å². The van der Waals surface area contributed by atoms with Crippen molar-refractivity contribution in [1.82, 2.24) is 24.4 Å². The molecule has 43 heavy (non-hydrogen) atoms. The highest BCUT2D eigenvalue weighted by atomic mass is 16.1. The standard InChI is InChI=1S/C34H34N8O/c35-26-19-29-30(20-28(26)40-36)38-32(23-7-3-1-4-8-23)33(37-29)24-13-11-22(12-14-24)21-41-17-15-25(16-18-41)42-31-10-6-2-5-9-27(31)39-34(42)43/h1,3-14,19-20,25,40H,2,15-18,21,35-36H2,(H,39,43). The van der Waals surface area contributed by atoms with E-state index >= 15 is 0 Å². The minimum atomic E-state index is -0.0129. The molecule has 0 spiro atoms. The third-order valence-electron chi connectivity index (χ3n) is 8.42. The normalized spacial score (nSPS) is 15.5. The molecule has 0 radical (unpaired) electrons. The molecule has 216 valence electrons. The second kappa shape index (κ2) is 11.4. The summed E-state index contributed by atoms with van der Waals surface area (Å²) in [6.07, 6.45) is 11.1. The third-order valence-corrected chi connectivity index (χ3v) is 8.42. The van der Waals surface area contributed by atoms with Crippen LogP contribution >= 0.6 is 0 Å². The van der Waals surface area contributed by atoms with Gasteiger partial charge in [-0.1, -0.05) is 66.7 Å². The van der Waals surface area contributed by atoms with Crippen LogP contribution in [0, 0.1) is 0 Å². The maximum atomic E-state index is 12.8. The van der Waals surface area contributed by atoms with Crippen LogP contribution in [0.15, 0.2) is 83.7 Å². The highest BCUT2D eigenvalue weighted by Crippen LogP contribution is 2.34. The summed E-state index contributed by atoms with van der Waals surface area (Å²) in [5.41, 5.74) is 18.1. The minimum Gasteiger partial charge on any atom is -0.397 e. The first-order valence-electron chi connectivity index (χ1n) is 14.7. The maximum Gasteiger partial charge on any atom is 0.326 e. The first kappa shape index (κ1) is 26.9. The number of allylic oxidation sites excluding steroid dienone is 2. The number of rotatable bonds is 6. The summed E-state index contributed by atoms with van der Waals surface area (Å²) in [6.45, 7) is 2.73. The molecule has 3 aromatic carbocycles. The number of fused-ring (bicyclic) bond motifs is 2. The fraction of sp³-hybridized carbons (Fsp3) is 0.206. The van der Waals surface area contributed by atoms with Crippen LogP contribution in [0.5, 0.6) is 0 Å². The Bertz CT molecular complexity index is 1900. The Morgan fingerprint density at radius 3 is 2.28 bits per heavy atom. The number of piperidine rings is 1. The zero-order chi connectivity index (χ0) is 29.3. The van der Waals surface area contributed by atoms with Crippen LogP contribution in [0.4, 0.5) is 11.4 Å². The zero-order valence-corrected chi connectivity index (χ0v) is 23.8. The number of nitrogens with two attached hydrogens (primary N) is 2. The van der Waals surface area contributed by atoms with Gasteiger partial charge in [0.1, 0.15) is 0 Å². The smallest absolute Gasteiger partial charge is 0.326 e. The van der Waals surface area contributed by atoms with Gasteiger partial charge in [0, 0.05) is 36.8 Å². The molecule has 3 heterocycles. The van der Waals surface area contributed by atoms with Crippen LogP contribution in [-0.2, 0) is 6.54 Å². The molecule has 0 amide bonds. The molecule has 0 saturated carbocycles. The number of nitrogens with one attached hydrogen (secondary N) is 2. The summed E-state index contributed by atoms with van der Waals surface area (Å²) in [4.78, 5) is 28.3. The van der Waals surface area contributed by atoms with E-state index in [4.69, 9.17) is 21.5 Å². The van der Waals surface area contributed by atoms with Gasteiger partial charge in [0.05, 0.1) is 45.2 Å². The SMILES string of the molecule is NNc1cc2nc(-c3ccccc3)c(-c3ccc(CN4CCC(n5c6c([nH]c5=O)C=CCC=C6)CC4)cc3)nc2cc1N. The van der Waals surface area contributed by atoms with Crippen molar-refractivity contribution in [2.45, 2.75) is 31.8 Å². The largest absolute Gasteiger partial charge is 0.397 e. The third kappa shape index (κ3) is 5.24. The second-order valence-corrected chi connectivity index (χ2v) is 11.2. The van der Waals surface area contributed by atoms with Crippen molar-refractivity contribution in [3.05, 3.63) is 106 Å². The van der Waals surface area contributed by atoms with Gasteiger partial charge in [-0.15, -0.1) is 0 Å². The Morgan fingerprint density at radius 2 is 1.56 bits per heavy atom. The summed E-state index contributed by atoms with van der Waals surface area (Å²) < 4.78 is 1.96. The van der Waals surface area contributed by atoms with Crippen LogP contribution in [0.3, 0.4) is 0 Å². The summed E-state index contributed by atoms with van der Waals surface area (Å²) in [6, 6.07) is 22.5. The zero-order valence-electron chi connectivity index (χ0n) is 23.8. The molecule has 5 aromatic rings. The molecule has 1 fully saturated rings. The molecule has 1 aliphatic carbocycles. The molecule has 6 N–H and O–H groups in total. The number of hydrogen-bond donors (Lipinski definition) is 4. The van der Waals surface area contributed by atoms with E-state index in [0.717, 1.165) is 78.3 Å². The number of anilines is 2. The number of aromatic nitrogens is 4. The average molecular weight is 571 g/mol. The molecule has 9 nitrogen and oxygen atoms in total. The van der Waals surface area contributed by atoms with Crippen LogP contribution in [0.2, 0.25) is 0 Å². The number of aromatic amines is 1. The Kier molecular flexibility index (Phi) is 7.10. The van der Waals surface area contributed by atoms with Crippen LogP contribution in [0.25, 0.3) is 45.7 Å². The van der Waals surface area contributed by atoms with Crippen molar-refractivity contribution < 1.29 is 0 Å². The Hall–Kier alpha value is -4.99. The number of likely N-dealkylation sites (tertiary alicyclic amines) is 1. The molecule has 2 aromatic heterocycles. The number of nitrogens with zero attached hydrogens (tertiary/aromatic N) is 4. The van der Waals surface area contributed by atoms with Gasteiger partial charge in [0.2, 0.25) is 0 Å². The van der Waals surface area contributed by atoms with Crippen molar-refractivity contribution in [2.75, 3.05) is 24.2 Å². The van der Waals surface area contributed by atoms with E-state index in [-0.39, 0.29) is 11.7 Å². The van der Waals surface area contributed by atoms with E-state index in [1.54, 1.807) is 6.07 Å². The lowest BCUT2D eigenvalue weighted by atomic mass is 10.0. The summed E-state index contributed by atoms with van der Waals surface area (Å²) in [5.74, 6) is 5.66. The lowest BCUT2D eigenvalue weighted by Crippen LogP contribution is -2.37. The fourth-order valence-corrected chi connectivity index (χ4v) is 6.19. The van der Waals surface area contributed by atoms with Gasteiger partial charge >= 0.3 is 5.69 Å². The van der Waals surface area contributed by atoms with Crippen LogP contribution in [0.1, 0.15) is 42.3 Å². The molecule has 0 bridgehead atoms. The Balaban J connectivity index is 1.11. The number of benzene rings is 3. The molecule has 0 atom stereocenters. The van der Waals surface area contributed by atoms with Gasteiger partial charge < -0.3 is 16.1 Å². The average Bonchev–Trinajstić information content (AvgIpc) is 3.18. The van der Waals surface area contributed by atoms with Gasteiger partial charge in [-0.25, -0.2) is 14.8 Å². The van der Waals surface area contributed by atoms with Gasteiger partial charge in [0.25, 0.3) is 0 Å². The van der Waals surface area contributed by atoms with Gasteiger partial charge in [-0.2, -0.15) is 0 Å². The molecule has 0 unspecified atom stereocenters. The predicted molar refractivity (Wildman–Crippen MR) is 174 cm³/mol. The molecule has 9 heteroatoms. The highest BCUT2D eigenvalue weighted by molar-refractivity contribution is 5.91. The van der Waals surface area contributed by atoms with Crippen molar-refractivity contribution >= 4 is 34.6 Å². The van der Waals surface area contributed by atoms with Crippen molar-refractivity contribution in [3.63, 3.8) is 0 Å². The van der Waals surface area contributed by atoms with Crippen molar-refractivity contribution in [3.8, 4) is 22.5 Å². The Labute approximate surface area is 249 Å². The lowest BCUT2D eigenvalue weighted by Gasteiger charge is -2.32. The Morgan fingerprint density at radius 1 is 0.884 bits per heavy atom. The highest BCUT2D eigenvalue weighted by Gasteiger charge is 2.25. The van der Waals surface area contributed by atoms with E-state index in [0.29, 0.717) is 16.9 Å². The number of imidazole rings is 1. The van der Waals surface area contributed by atoms with Gasteiger partial charge in [-0.05, 0) is 49.1 Å². The number of hydrazine groups is 1. The lowest BCUT2D eigenvalue weighted by molar-refractivity contribution is 0.177. The van der Waals surface area contributed by atoms with Crippen molar-refractivity contribution in [2.24, 2.45) is 5.84 Å². The van der Waals surface area contributed by atoms with Crippen LogP contribution < -0.4 is 22.7 Å². The maximum absolute atomic E-state index is 12.8. The van der Waals surface area contributed by atoms with Gasteiger partial charge in [0.15, 0.2) is 0 Å². The molecular weight excluding hydrogens is 536 g/mol. The number of H-pyrrole nitrogens is 1. The van der Waals surface area contributed by atoms with Gasteiger partial charge in [-0.3, -0.25) is 15.3 Å². The van der Waals surface area contributed by atoms with Crippen LogP contribution in [-0.4, -0.2) is 37.5 Å². The summed E-state index contributed by atoms with van der Waals surface area (Å²) in [5, 5.41) is 0. The fourth-order valence-electron chi connectivity index (χ4n) is 6.19. The topological polar surface area (TPSA) is 131 Å². The van der Waals surface area contributed by atoms with Crippen molar-refractivity contribution in [1.29, 1.82) is 0 Å². The summed E-state index contributed by atoms with van der Waals surface area (Å²) >= 11 is 0. The number of hydrogen-bond acceptors (Lipinski definition) is 7. The predicted octanol–water partition coefficient (Wildman–Crippen LogP) is 5.59. The molecule has 1 saturated heterocycles. The monoisotopic (exact) mass is 570 g/mol. The minimum absolute atomic E-state index is 0.0129. The van der Waals surface area contributed by atoms with E-state index < -0.39 is 0 Å². The molecule has 1 aliphatic heterocycles. The van der Waals surface area contributed by atoms with E-state index in [9.17, 15) is 4.79 Å². The molecule has 2 aliphatic rings. The molecule has 7 rings (SSSR count).